The lowest BCUT2D eigenvalue weighted by Gasteiger charge is -2.28. The minimum absolute atomic E-state index is 0.0368. The Bertz CT molecular complexity index is 359. The van der Waals surface area contributed by atoms with Crippen molar-refractivity contribution in [2.45, 2.75) is 51.2 Å². The molecule has 1 N–H and O–H groups in total. The van der Waals surface area contributed by atoms with Crippen molar-refractivity contribution in [2.24, 2.45) is 11.8 Å². The van der Waals surface area contributed by atoms with Crippen LogP contribution in [-0.4, -0.2) is 30.5 Å². The summed E-state index contributed by atoms with van der Waals surface area (Å²) in [6.07, 6.45) is 4.02. The Morgan fingerprint density at radius 1 is 1.29 bits per heavy atom. The number of rotatable bonds is 5. The fourth-order valence-corrected chi connectivity index (χ4v) is 3.53. The van der Waals surface area contributed by atoms with Gasteiger partial charge in [-0.2, -0.15) is 0 Å². The Hall–Kier alpha value is -0.580. The molecule has 0 spiro atoms. The molecule has 0 heterocycles. The van der Waals surface area contributed by atoms with Crippen LogP contribution in [0.1, 0.15) is 46.0 Å². The predicted octanol–water partition coefficient (Wildman–Crippen LogP) is 2.09. The summed E-state index contributed by atoms with van der Waals surface area (Å²) in [5, 5.41) is 8.73. The largest absolute Gasteiger partial charge is 0.481 e. The van der Waals surface area contributed by atoms with E-state index in [4.69, 9.17) is 5.11 Å². The van der Waals surface area contributed by atoms with Crippen LogP contribution in [0, 0.1) is 11.8 Å². The van der Waals surface area contributed by atoms with Gasteiger partial charge in [0.25, 0.3) is 0 Å². The zero-order valence-electron chi connectivity index (χ0n) is 10.6. The fourth-order valence-electron chi connectivity index (χ4n) is 2.43. The lowest BCUT2D eigenvalue weighted by atomic mass is 9.78. The molecule has 17 heavy (non-hydrogen) atoms. The zero-order chi connectivity index (χ0) is 13.1. The van der Waals surface area contributed by atoms with Crippen LogP contribution in [0.25, 0.3) is 0 Å². The van der Waals surface area contributed by atoms with Gasteiger partial charge in [0.1, 0.15) is 0 Å². The van der Waals surface area contributed by atoms with Crippen LogP contribution in [-0.2, 0) is 14.6 Å². The number of carbonyl (C=O) groups is 1. The molecule has 100 valence electrons. The summed E-state index contributed by atoms with van der Waals surface area (Å²) in [5.74, 6) is -0.948. The molecule has 2 atom stereocenters. The Morgan fingerprint density at radius 3 is 2.41 bits per heavy atom. The third kappa shape index (κ3) is 3.98. The highest BCUT2D eigenvalue weighted by atomic mass is 32.2. The highest BCUT2D eigenvalue weighted by molar-refractivity contribution is 7.91. The van der Waals surface area contributed by atoms with Gasteiger partial charge < -0.3 is 5.11 Å². The normalized spacial score (nSPS) is 26.1. The first kappa shape index (κ1) is 14.5. The average molecular weight is 262 g/mol. The van der Waals surface area contributed by atoms with Crippen LogP contribution >= 0.6 is 0 Å². The van der Waals surface area contributed by atoms with E-state index in [-0.39, 0.29) is 22.8 Å². The minimum atomic E-state index is -3.04. The summed E-state index contributed by atoms with van der Waals surface area (Å²) in [6, 6.07) is 0. The van der Waals surface area contributed by atoms with Crippen LogP contribution < -0.4 is 0 Å². The molecule has 0 amide bonds. The second-order valence-electron chi connectivity index (χ2n) is 5.19. The zero-order valence-corrected chi connectivity index (χ0v) is 11.4. The second kappa shape index (κ2) is 5.85. The second-order valence-corrected chi connectivity index (χ2v) is 7.87. The molecule has 0 aliphatic heterocycles. The minimum Gasteiger partial charge on any atom is -0.481 e. The molecule has 1 aliphatic carbocycles. The van der Waals surface area contributed by atoms with Crippen molar-refractivity contribution < 1.29 is 18.3 Å². The van der Waals surface area contributed by atoms with Gasteiger partial charge in [-0.05, 0) is 39.0 Å². The monoisotopic (exact) mass is 262 g/mol. The Balaban J connectivity index is 2.58. The Kier molecular flexibility index (Phi) is 4.98. The summed E-state index contributed by atoms with van der Waals surface area (Å²) in [5.41, 5.74) is 0. The molecule has 0 saturated heterocycles. The quantitative estimate of drug-likeness (QED) is 0.823. The van der Waals surface area contributed by atoms with E-state index in [1.54, 1.807) is 13.8 Å². The van der Waals surface area contributed by atoms with Gasteiger partial charge in [-0.25, -0.2) is 8.42 Å². The molecular formula is C12H22O4S. The molecule has 1 aliphatic rings. The third-order valence-electron chi connectivity index (χ3n) is 3.72. The van der Waals surface area contributed by atoms with Crippen molar-refractivity contribution in [3.05, 3.63) is 0 Å². The van der Waals surface area contributed by atoms with E-state index in [1.165, 1.54) is 0 Å². The molecule has 0 aromatic rings. The van der Waals surface area contributed by atoms with E-state index in [0.29, 0.717) is 12.8 Å². The van der Waals surface area contributed by atoms with Crippen molar-refractivity contribution in [1.82, 2.24) is 0 Å². The van der Waals surface area contributed by atoms with Crippen molar-refractivity contribution >= 4 is 15.8 Å². The van der Waals surface area contributed by atoms with Crippen LogP contribution in [0.3, 0.4) is 0 Å². The average Bonchev–Trinajstić information content (AvgIpc) is 2.26. The van der Waals surface area contributed by atoms with Gasteiger partial charge in [-0.15, -0.1) is 0 Å². The van der Waals surface area contributed by atoms with E-state index in [9.17, 15) is 13.2 Å². The summed E-state index contributed by atoms with van der Waals surface area (Å²) < 4.78 is 23.4. The lowest BCUT2D eigenvalue weighted by molar-refractivity contribution is -0.144. The van der Waals surface area contributed by atoms with E-state index >= 15 is 0 Å². The van der Waals surface area contributed by atoms with Crippen molar-refractivity contribution in [1.29, 1.82) is 0 Å². The van der Waals surface area contributed by atoms with Crippen LogP contribution in [0.4, 0.5) is 0 Å². The van der Waals surface area contributed by atoms with Crippen LogP contribution in [0.2, 0.25) is 0 Å². The Morgan fingerprint density at radius 2 is 1.88 bits per heavy atom. The molecular weight excluding hydrogens is 240 g/mol. The first-order chi connectivity index (χ1) is 7.84. The van der Waals surface area contributed by atoms with E-state index in [0.717, 1.165) is 19.3 Å². The van der Waals surface area contributed by atoms with Crippen molar-refractivity contribution in [3.63, 3.8) is 0 Å². The smallest absolute Gasteiger partial charge is 0.306 e. The lowest BCUT2D eigenvalue weighted by Crippen LogP contribution is -2.29. The summed E-state index contributed by atoms with van der Waals surface area (Å²) in [4.78, 5) is 11.1. The van der Waals surface area contributed by atoms with Gasteiger partial charge in [-0.1, -0.05) is 12.8 Å². The Labute approximate surface area is 103 Å². The topological polar surface area (TPSA) is 71.4 Å². The number of hydrogen-bond donors (Lipinski definition) is 1. The highest BCUT2D eigenvalue weighted by Gasteiger charge is 2.31. The SMILES string of the molecule is CC(C)S(=O)(=O)CCC1CCCCC1C(=O)O. The van der Waals surface area contributed by atoms with Gasteiger partial charge in [0.05, 0.1) is 16.9 Å². The number of aliphatic carboxylic acids is 1. The molecule has 5 heteroatoms. The number of hydrogen-bond acceptors (Lipinski definition) is 3. The van der Waals surface area contributed by atoms with Crippen LogP contribution in [0.5, 0.6) is 0 Å². The molecule has 0 radical (unpaired) electrons. The molecule has 1 rings (SSSR count). The molecule has 0 aromatic heterocycles. The molecule has 0 aromatic carbocycles. The standard InChI is InChI=1S/C12H22O4S/c1-9(2)17(15,16)8-7-10-5-3-4-6-11(10)12(13)14/h9-11H,3-8H2,1-2H3,(H,13,14). The summed E-state index contributed by atoms with van der Waals surface area (Å²) in [7, 11) is -3.04. The first-order valence-electron chi connectivity index (χ1n) is 6.29. The van der Waals surface area contributed by atoms with E-state index < -0.39 is 15.8 Å². The molecule has 4 nitrogen and oxygen atoms in total. The summed E-state index contributed by atoms with van der Waals surface area (Å²) >= 11 is 0. The summed E-state index contributed by atoms with van der Waals surface area (Å²) in [6.45, 7) is 3.34. The predicted molar refractivity (Wildman–Crippen MR) is 66.6 cm³/mol. The van der Waals surface area contributed by atoms with Crippen LogP contribution in [0.15, 0.2) is 0 Å². The maximum Gasteiger partial charge on any atom is 0.306 e. The van der Waals surface area contributed by atoms with E-state index in [2.05, 4.69) is 0 Å². The van der Waals surface area contributed by atoms with Gasteiger partial charge in [-0.3, -0.25) is 4.79 Å². The molecule has 1 fully saturated rings. The van der Waals surface area contributed by atoms with Crippen molar-refractivity contribution in [3.8, 4) is 0 Å². The van der Waals surface area contributed by atoms with E-state index in [1.807, 2.05) is 0 Å². The first-order valence-corrected chi connectivity index (χ1v) is 8.00. The maximum absolute atomic E-state index is 11.7. The van der Waals surface area contributed by atoms with Crippen molar-refractivity contribution in [2.75, 3.05) is 5.75 Å². The van der Waals surface area contributed by atoms with Gasteiger partial charge in [0, 0.05) is 0 Å². The number of carboxylic acids is 1. The molecule has 0 bridgehead atoms. The third-order valence-corrected chi connectivity index (χ3v) is 5.96. The van der Waals surface area contributed by atoms with Gasteiger partial charge in [0.15, 0.2) is 9.84 Å². The van der Waals surface area contributed by atoms with Gasteiger partial charge in [0.2, 0.25) is 0 Å². The highest BCUT2D eigenvalue weighted by Crippen LogP contribution is 2.33. The molecule has 1 saturated carbocycles. The number of carboxylic acid groups (broad SMARTS) is 1. The number of sulfone groups is 1. The fraction of sp³-hybridized carbons (Fsp3) is 0.917. The molecule has 2 unspecified atom stereocenters. The van der Waals surface area contributed by atoms with Gasteiger partial charge >= 0.3 is 5.97 Å². The maximum atomic E-state index is 11.7.